The van der Waals surface area contributed by atoms with Crippen LogP contribution in [0.2, 0.25) is 0 Å². The molecule has 2 aromatic rings. The maximum Gasteiger partial charge on any atom is 0.270 e. The summed E-state index contributed by atoms with van der Waals surface area (Å²) in [7, 11) is 1.62. The molecule has 1 aromatic heterocycles. The number of hydrogen-bond donors (Lipinski definition) is 1. The number of methoxy groups -OCH3 is 1. The molecule has 0 atom stereocenters. The van der Waals surface area contributed by atoms with E-state index in [9.17, 15) is 4.79 Å². The van der Waals surface area contributed by atoms with Gasteiger partial charge in [0.2, 0.25) is 5.95 Å². The van der Waals surface area contributed by atoms with Crippen molar-refractivity contribution in [1.82, 2.24) is 15.3 Å². The van der Waals surface area contributed by atoms with Crippen LogP contribution in [-0.2, 0) is 6.54 Å². The molecule has 1 saturated heterocycles. The Kier molecular flexibility index (Phi) is 4.93. The Balaban J connectivity index is 1.72. The number of aryl methyl sites for hydroxylation is 1. The van der Waals surface area contributed by atoms with Crippen molar-refractivity contribution in [3.05, 3.63) is 47.3 Å². The number of benzene rings is 1. The fraction of sp³-hybridized carbons (Fsp3) is 0.389. The number of hydrogen-bond acceptors (Lipinski definition) is 5. The number of rotatable bonds is 5. The van der Waals surface area contributed by atoms with Gasteiger partial charge < -0.3 is 15.0 Å². The number of nitrogens with one attached hydrogen (secondary N) is 1. The molecule has 24 heavy (non-hydrogen) atoms. The third kappa shape index (κ3) is 3.64. The number of para-hydroxylation sites is 1. The molecule has 6 heteroatoms. The fourth-order valence-electron chi connectivity index (χ4n) is 2.84. The molecule has 1 aliphatic rings. The third-order valence-corrected chi connectivity index (χ3v) is 4.10. The molecule has 0 spiro atoms. The lowest BCUT2D eigenvalue weighted by Gasteiger charge is -2.16. The highest BCUT2D eigenvalue weighted by molar-refractivity contribution is 5.92. The van der Waals surface area contributed by atoms with E-state index in [-0.39, 0.29) is 5.91 Å². The van der Waals surface area contributed by atoms with Crippen LogP contribution in [0.5, 0.6) is 5.75 Å². The first-order valence-corrected chi connectivity index (χ1v) is 8.18. The van der Waals surface area contributed by atoms with Gasteiger partial charge in [0.1, 0.15) is 11.4 Å². The van der Waals surface area contributed by atoms with E-state index in [1.807, 2.05) is 31.2 Å². The Morgan fingerprint density at radius 2 is 2.00 bits per heavy atom. The van der Waals surface area contributed by atoms with Crippen LogP contribution in [0, 0.1) is 6.92 Å². The molecule has 1 aromatic carbocycles. The summed E-state index contributed by atoms with van der Waals surface area (Å²) in [6.45, 7) is 4.18. The van der Waals surface area contributed by atoms with Crippen LogP contribution >= 0.6 is 0 Å². The molecule has 6 nitrogen and oxygen atoms in total. The Bertz CT molecular complexity index is 727. The summed E-state index contributed by atoms with van der Waals surface area (Å²) in [5.74, 6) is 1.20. The van der Waals surface area contributed by atoms with E-state index in [0.29, 0.717) is 18.2 Å². The van der Waals surface area contributed by atoms with Crippen LogP contribution in [0.1, 0.15) is 34.6 Å². The lowest BCUT2D eigenvalue weighted by Crippen LogP contribution is -2.27. The Morgan fingerprint density at radius 3 is 2.75 bits per heavy atom. The second-order valence-electron chi connectivity index (χ2n) is 5.88. The first-order valence-electron chi connectivity index (χ1n) is 8.18. The molecule has 1 amide bonds. The number of aromatic nitrogens is 2. The van der Waals surface area contributed by atoms with Gasteiger partial charge in [-0.3, -0.25) is 4.79 Å². The topological polar surface area (TPSA) is 67.3 Å². The maximum atomic E-state index is 12.5. The van der Waals surface area contributed by atoms with Gasteiger partial charge in [-0.15, -0.1) is 0 Å². The minimum absolute atomic E-state index is 0.202. The van der Waals surface area contributed by atoms with E-state index in [0.717, 1.165) is 42.9 Å². The zero-order valence-electron chi connectivity index (χ0n) is 14.1. The first-order chi connectivity index (χ1) is 11.7. The van der Waals surface area contributed by atoms with Crippen LogP contribution in [0.15, 0.2) is 30.3 Å². The molecular formula is C18H22N4O2. The summed E-state index contributed by atoms with van der Waals surface area (Å²) in [6.07, 6.45) is 2.29. The van der Waals surface area contributed by atoms with Crippen molar-refractivity contribution < 1.29 is 9.53 Å². The zero-order valence-corrected chi connectivity index (χ0v) is 14.1. The Hall–Kier alpha value is -2.63. The fourth-order valence-corrected chi connectivity index (χ4v) is 2.84. The van der Waals surface area contributed by atoms with Crippen LogP contribution in [0.3, 0.4) is 0 Å². The second kappa shape index (κ2) is 7.29. The zero-order chi connectivity index (χ0) is 16.9. The van der Waals surface area contributed by atoms with Crippen molar-refractivity contribution >= 4 is 11.9 Å². The summed E-state index contributed by atoms with van der Waals surface area (Å²) < 4.78 is 5.31. The molecule has 0 aliphatic carbocycles. The number of amides is 1. The highest BCUT2D eigenvalue weighted by atomic mass is 16.5. The van der Waals surface area contributed by atoms with Crippen LogP contribution in [0.4, 0.5) is 5.95 Å². The van der Waals surface area contributed by atoms with E-state index in [1.54, 1.807) is 13.2 Å². The molecule has 0 unspecified atom stereocenters. The summed E-state index contributed by atoms with van der Waals surface area (Å²) in [5.41, 5.74) is 2.13. The third-order valence-electron chi connectivity index (χ3n) is 4.10. The summed E-state index contributed by atoms with van der Waals surface area (Å²) in [4.78, 5) is 23.5. The van der Waals surface area contributed by atoms with E-state index in [4.69, 9.17) is 4.74 Å². The summed E-state index contributed by atoms with van der Waals surface area (Å²) in [5, 5.41) is 2.91. The quantitative estimate of drug-likeness (QED) is 0.913. The van der Waals surface area contributed by atoms with Crippen molar-refractivity contribution in [3.63, 3.8) is 0 Å². The monoisotopic (exact) mass is 326 g/mol. The molecule has 0 bridgehead atoms. The van der Waals surface area contributed by atoms with Gasteiger partial charge in [0.15, 0.2) is 0 Å². The highest BCUT2D eigenvalue weighted by Gasteiger charge is 2.18. The molecule has 0 saturated carbocycles. The maximum absolute atomic E-state index is 12.5. The highest BCUT2D eigenvalue weighted by Crippen LogP contribution is 2.18. The minimum atomic E-state index is -0.202. The number of carbonyl (C=O) groups excluding carboxylic acids is 1. The molecule has 126 valence electrons. The van der Waals surface area contributed by atoms with Crippen molar-refractivity contribution in [2.24, 2.45) is 0 Å². The van der Waals surface area contributed by atoms with Crippen LogP contribution in [-0.4, -0.2) is 36.1 Å². The normalized spacial score (nSPS) is 13.8. The second-order valence-corrected chi connectivity index (χ2v) is 5.88. The SMILES string of the molecule is COc1ccccc1CNC(=O)c1cc(C)nc(N2CCCC2)n1. The van der Waals surface area contributed by atoms with Crippen molar-refractivity contribution in [1.29, 1.82) is 0 Å². The molecule has 1 N–H and O–H groups in total. The largest absolute Gasteiger partial charge is 0.496 e. The van der Waals surface area contributed by atoms with Gasteiger partial charge in [0.25, 0.3) is 5.91 Å². The molecule has 1 fully saturated rings. The minimum Gasteiger partial charge on any atom is -0.496 e. The van der Waals surface area contributed by atoms with Crippen LogP contribution in [0.25, 0.3) is 0 Å². The van der Waals surface area contributed by atoms with Crippen molar-refractivity contribution in [3.8, 4) is 5.75 Å². The number of nitrogens with zero attached hydrogens (tertiary/aromatic N) is 3. The van der Waals surface area contributed by atoms with E-state index in [2.05, 4.69) is 20.2 Å². The predicted molar refractivity (Wildman–Crippen MR) is 92.4 cm³/mol. The van der Waals surface area contributed by atoms with E-state index >= 15 is 0 Å². The van der Waals surface area contributed by atoms with Gasteiger partial charge in [-0.25, -0.2) is 9.97 Å². The average Bonchev–Trinajstić information content (AvgIpc) is 3.14. The van der Waals surface area contributed by atoms with Gasteiger partial charge in [-0.2, -0.15) is 0 Å². The summed E-state index contributed by atoms with van der Waals surface area (Å²) >= 11 is 0. The molecule has 1 aliphatic heterocycles. The van der Waals surface area contributed by atoms with Gasteiger partial charge in [-0.1, -0.05) is 18.2 Å². The number of carbonyl (C=O) groups is 1. The smallest absolute Gasteiger partial charge is 0.270 e. The molecule has 2 heterocycles. The van der Waals surface area contributed by atoms with E-state index in [1.165, 1.54) is 0 Å². The predicted octanol–water partition coefficient (Wildman–Crippen LogP) is 2.32. The molecule has 0 radical (unpaired) electrons. The van der Waals surface area contributed by atoms with Gasteiger partial charge in [0, 0.05) is 30.9 Å². The average molecular weight is 326 g/mol. The van der Waals surface area contributed by atoms with Gasteiger partial charge >= 0.3 is 0 Å². The van der Waals surface area contributed by atoms with E-state index < -0.39 is 0 Å². The van der Waals surface area contributed by atoms with Gasteiger partial charge in [0.05, 0.1) is 7.11 Å². The molecular weight excluding hydrogens is 304 g/mol. The van der Waals surface area contributed by atoms with Crippen molar-refractivity contribution in [2.45, 2.75) is 26.3 Å². The lowest BCUT2D eigenvalue weighted by atomic mass is 10.2. The number of anilines is 1. The first kappa shape index (κ1) is 16.2. The summed E-state index contributed by atoms with van der Waals surface area (Å²) in [6, 6.07) is 9.35. The Labute approximate surface area is 141 Å². The standard InChI is InChI=1S/C18H22N4O2/c1-13-11-15(21-18(20-13)22-9-5-6-10-22)17(23)19-12-14-7-3-4-8-16(14)24-2/h3-4,7-8,11H,5-6,9-10,12H2,1-2H3,(H,19,23). The lowest BCUT2D eigenvalue weighted by molar-refractivity contribution is 0.0945. The number of ether oxygens (including phenoxy) is 1. The molecule has 3 rings (SSSR count). The van der Waals surface area contributed by atoms with Crippen LogP contribution < -0.4 is 15.0 Å². The van der Waals surface area contributed by atoms with Crippen molar-refractivity contribution in [2.75, 3.05) is 25.1 Å². The Morgan fingerprint density at radius 1 is 1.25 bits per heavy atom. The van der Waals surface area contributed by atoms with Gasteiger partial charge in [-0.05, 0) is 31.9 Å².